The first-order valence-corrected chi connectivity index (χ1v) is 11.8. The number of nitrogens with one attached hydrogen (secondary N) is 2. The van der Waals surface area contributed by atoms with E-state index in [1.807, 2.05) is 0 Å². The van der Waals surface area contributed by atoms with Crippen LogP contribution in [0.3, 0.4) is 0 Å². The lowest BCUT2D eigenvalue weighted by molar-refractivity contribution is -0.123. The maximum atomic E-state index is 13.2. The van der Waals surface area contributed by atoms with Gasteiger partial charge in [-0.3, -0.25) is 18.8 Å². The minimum Gasteiger partial charge on any atom is -0.353 e. The van der Waals surface area contributed by atoms with Gasteiger partial charge >= 0.3 is 0 Å². The van der Waals surface area contributed by atoms with Crippen molar-refractivity contribution in [2.75, 3.05) is 26.2 Å². The van der Waals surface area contributed by atoms with E-state index in [1.54, 1.807) is 28.8 Å². The third kappa shape index (κ3) is 2.61. The summed E-state index contributed by atoms with van der Waals surface area (Å²) >= 11 is 0. The number of aromatic nitrogens is 2. The van der Waals surface area contributed by atoms with Crippen molar-refractivity contribution in [3.63, 3.8) is 0 Å². The molecule has 0 aromatic carbocycles. The number of fused-ring (bicyclic) bond motifs is 3. The third-order valence-corrected chi connectivity index (χ3v) is 8.91. The number of rotatable bonds is 4. The summed E-state index contributed by atoms with van der Waals surface area (Å²) in [6.07, 6.45) is 8.30. The Bertz CT molecular complexity index is 1190. The van der Waals surface area contributed by atoms with Crippen LogP contribution in [0.25, 0.3) is 5.65 Å². The number of piperazine rings is 1. The first kappa shape index (κ1) is 18.7. The minimum atomic E-state index is -0.287. The van der Waals surface area contributed by atoms with Gasteiger partial charge in [0, 0.05) is 25.8 Å². The van der Waals surface area contributed by atoms with E-state index < -0.39 is 0 Å². The van der Waals surface area contributed by atoms with Crippen LogP contribution in [-0.2, 0) is 4.79 Å². The molecule has 5 aliphatic rings. The molecular formula is C24H27N5O3. The molecule has 3 amide bonds. The van der Waals surface area contributed by atoms with Gasteiger partial charge in [-0.15, -0.1) is 0 Å². The second-order valence-corrected chi connectivity index (χ2v) is 10.8. The molecule has 1 saturated heterocycles. The summed E-state index contributed by atoms with van der Waals surface area (Å²) in [5.74, 6) is 2.21. The predicted molar refractivity (Wildman–Crippen MR) is 115 cm³/mol. The minimum absolute atomic E-state index is 0.0342. The van der Waals surface area contributed by atoms with Crippen LogP contribution >= 0.6 is 0 Å². The highest BCUT2D eigenvalue weighted by Gasteiger charge is 2.76. The van der Waals surface area contributed by atoms with E-state index in [-0.39, 0.29) is 35.4 Å². The fourth-order valence-corrected chi connectivity index (χ4v) is 7.50. The van der Waals surface area contributed by atoms with E-state index >= 15 is 0 Å². The maximum absolute atomic E-state index is 13.2. The lowest BCUT2D eigenvalue weighted by atomic mass is 9.71. The second-order valence-electron chi connectivity index (χ2n) is 10.8. The zero-order chi connectivity index (χ0) is 21.7. The van der Waals surface area contributed by atoms with Crippen LogP contribution in [-0.4, -0.2) is 58.2 Å². The first-order chi connectivity index (χ1) is 15.5. The molecule has 1 aliphatic heterocycles. The molecule has 1 spiro atoms. The van der Waals surface area contributed by atoms with Crippen LogP contribution in [0.2, 0.25) is 0 Å². The Labute approximate surface area is 185 Å². The van der Waals surface area contributed by atoms with Gasteiger partial charge in [-0.2, -0.15) is 0 Å². The van der Waals surface area contributed by atoms with E-state index in [4.69, 9.17) is 0 Å². The van der Waals surface area contributed by atoms with Crippen LogP contribution in [0.4, 0.5) is 0 Å². The molecule has 8 nitrogen and oxygen atoms in total. The van der Waals surface area contributed by atoms with Crippen LogP contribution in [0.1, 0.15) is 53.1 Å². The van der Waals surface area contributed by atoms with E-state index in [0.717, 1.165) is 24.3 Å². The highest BCUT2D eigenvalue weighted by molar-refractivity contribution is 5.97. The van der Waals surface area contributed by atoms with Crippen molar-refractivity contribution < 1.29 is 14.4 Å². The highest BCUT2D eigenvalue weighted by Crippen LogP contribution is 2.83. The van der Waals surface area contributed by atoms with Gasteiger partial charge in [0.2, 0.25) is 5.91 Å². The van der Waals surface area contributed by atoms with Gasteiger partial charge in [0.1, 0.15) is 17.0 Å². The average Bonchev–Trinajstić information content (AvgIpc) is 3.62. The lowest BCUT2D eigenvalue weighted by Gasteiger charge is -2.36. The summed E-state index contributed by atoms with van der Waals surface area (Å²) in [6, 6.07) is 5.36. The van der Waals surface area contributed by atoms with Crippen LogP contribution in [0.15, 0.2) is 24.4 Å². The quantitative estimate of drug-likeness (QED) is 0.763. The van der Waals surface area contributed by atoms with E-state index in [1.165, 1.54) is 37.0 Å². The van der Waals surface area contributed by atoms with Crippen molar-refractivity contribution >= 4 is 23.4 Å². The monoisotopic (exact) mass is 433 g/mol. The Hall–Kier alpha value is -2.90. The zero-order valence-corrected chi connectivity index (χ0v) is 18.0. The summed E-state index contributed by atoms with van der Waals surface area (Å²) in [7, 11) is 0. The number of nitrogens with zero attached hydrogens (tertiary/aromatic N) is 3. The van der Waals surface area contributed by atoms with E-state index in [9.17, 15) is 14.4 Å². The molecule has 2 aromatic rings. The number of pyridine rings is 1. The highest BCUT2D eigenvalue weighted by atomic mass is 16.2. The summed E-state index contributed by atoms with van der Waals surface area (Å²) in [5.41, 5.74) is 2.22. The Morgan fingerprint density at radius 3 is 3.03 bits per heavy atom. The molecule has 7 rings (SSSR count). The van der Waals surface area contributed by atoms with Gasteiger partial charge < -0.3 is 15.5 Å². The van der Waals surface area contributed by atoms with Gasteiger partial charge in [0.15, 0.2) is 0 Å². The molecule has 2 aromatic heterocycles. The van der Waals surface area contributed by atoms with Crippen LogP contribution < -0.4 is 10.6 Å². The number of imidazole rings is 1. The third-order valence-electron chi connectivity index (χ3n) is 8.91. The SMILES string of the molecule is O=C1CN(C(=O)c2cn3c(C(=O)NCC45CC6CC6C6(CC6C4)C5)cccc3n2)CCN1. The molecule has 2 bridgehead atoms. The van der Waals surface area contributed by atoms with Gasteiger partial charge in [0.25, 0.3) is 11.8 Å². The molecule has 3 heterocycles. The number of amides is 3. The zero-order valence-electron chi connectivity index (χ0n) is 18.0. The molecule has 5 atom stereocenters. The van der Waals surface area contributed by atoms with Gasteiger partial charge in [-0.1, -0.05) is 6.07 Å². The van der Waals surface area contributed by atoms with Crippen LogP contribution in [0, 0.1) is 28.6 Å². The lowest BCUT2D eigenvalue weighted by Crippen LogP contribution is -2.50. The smallest absolute Gasteiger partial charge is 0.274 e. The fraction of sp³-hybridized carbons (Fsp3) is 0.583. The molecular weight excluding hydrogens is 406 g/mol. The van der Waals surface area contributed by atoms with E-state index in [2.05, 4.69) is 15.6 Å². The molecule has 2 N–H and O–H groups in total. The summed E-state index contributed by atoms with van der Waals surface area (Å²) in [4.78, 5) is 43.6. The molecule has 8 heteroatoms. The van der Waals surface area contributed by atoms with Crippen molar-refractivity contribution in [3.05, 3.63) is 35.8 Å². The average molecular weight is 434 g/mol. The molecule has 4 saturated carbocycles. The predicted octanol–water partition coefficient (Wildman–Crippen LogP) is 1.46. The van der Waals surface area contributed by atoms with Gasteiger partial charge in [-0.05, 0) is 72.8 Å². The molecule has 166 valence electrons. The number of carbonyl (C=O) groups excluding carboxylic acids is 3. The Balaban J connectivity index is 1.10. The number of carbonyl (C=O) groups is 3. The first-order valence-electron chi connectivity index (χ1n) is 11.8. The Kier molecular flexibility index (Phi) is 3.56. The second kappa shape index (κ2) is 6.11. The van der Waals surface area contributed by atoms with Crippen molar-refractivity contribution in [2.45, 2.75) is 32.1 Å². The fourth-order valence-electron chi connectivity index (χ4n) is 7.50. The van der Waals surface area contributed by atoms with Gasteiger partial charge in [-0.25, -0.2) is 4.98 Å². The molecule has 0 radical (unpaired) electrons. The van der Waals surface area contributed by atoms with Crippen molar-refractivity contribution in [3.8, 4) is 0 Å². The van der Waals surface area contributed by atoms with Crippen molar-refractivity contribution in [2.24, 2.45) is 28.6 Å². The Morgan fingerprint density at radius 1 is 1.25 bits per heavy atom. The van der Waals surface area contributed by atoms with Crippen molar-refractivity contribution in [1.82, 2.24) is 24.9 Å². The molecule has 32 heavy (non-hydrogen) atoms. The normalized spacial score (nSPS) is 36.3. The van der Waals surface area contributed by atoms with Crippen molar-refractivity contribution in [1.29, 1.82) is 0 Å². The summed E-state index contributed by atoms with van der Waals surface area (Å²) in [6.45, 7) is 1.68. The number of hydrogen-bond donors (Lipinski definition) is 2. The topological polar surface area (TPSA) is 95.8 Å². The summed E-state index contributed by atoms with van der Waals surface area (Å²) < 4.78 is 1.69. The standard InChI is InChI=1S/C24H27N5O3/c30-20-11-28(5-4-25-20)22(32)17-10-29-18(2-1-3-19(29)27-17)21(31)26-13-23-7-14-6-16(14)24(12-23)9-15(24)8-23/h1-3,10,14-16H,4-9,11-13H2,(H,25,30)(H,26,31). The number of hydrogen-bond acceptors (Lipinski definition) is 4. The molecule has 5 fully saturated rings. The molecule has 5 unspecified atom stereocenters. The largest absolute Gasteiger partial charge is 0.353 e. The molecule has 4 aliphatic carbocycles. The van der Waals surface area contributed by atoms with Crippen LogP contribution in [0.5, 0.6) is 0 Å². The summed E-state index contributed by atoms with van der Waals surface area (Å²) in [5, 5.41) is 5.95. The van der Waals surface area contributed by atoms with Gasteiger partial charge in [0.05, 0.1) is 6.54 Å². The van der Waals surface area contributed by atoms with E-state index in [0.29, 0.717) is 29.8 Å². The maximum Gasteiger partial charge on any atom is 0.274 e. The Morgan fingerprint density at radius 2 is 2.16 bits per heavy atom.